The minimum atomic E-state index is -0.664. The fourth-order valence-electron chi connectivity index (χ4n) is 1.89. The SMILES string of the molecule is CCC(C)(O)N(C(C)C)C(C)C. The van der Waals surface area contributed by atoms with Crippen LogP contribution in [0, 0.1) is 0 Å². The fourth-order valence-corrected chi connectivity index (χ4v) is 1.89. The Bertz CT molecular complexity index is 122. The van der Waals surface area contributed by atoms with Crippen LogP contribution >= 0.6 is 0 Å². The summed E-state index contributed by atoms with van der Waals surface area (Å²) in [5.74, 6) is 0. The molecule has 0 saturated carbocycles. The Morgan fingerprint density at radius 1 is 1.17 bits per heavy atom. The van der Waals surface area contributed by atoms with Crippen molar-refractivity contribution >= 4 is 0 Å². The predicted molar refractivity (Wildman–Crippen MR) is 53.0 cm³/mol. The van der Waals surface area contributed by atoms with Crippen molar-refractivity contribution in [2.24, 2.45) is 0 Å². The second kappa shape index (κ2) is 4.24. The molecule has 0 aromatic heterocycles. The number of hydrogen-bond acceptors (Lipinski definition) is 2. The Morgan fingerprint density at radius 2 is 1.50 bits per heavy atom. The Morgan fingerprint density at radius 3 is 1.58 bits per heavy atom. The van der Waals surface area contributed by atoms with Gasteiger partial charge in [0.15, 0.2) is 0 Å². The van der Waals surface area contributed by atoms with E-state index in [9.17, 15) is 5.11 Å². The highest BCUT2D eigenvalue weighted by Crippen LogP contribution is 2.21. The van der Waals surface area contributed by atoms with Crippen LogP contribution in [0.4, 0.5) is 0 Å². The van der Waals surface area contributed by atoms with Gasteiger partial charge in [-0.25, -0.2) is 0 Å². The van der Waals surface area contributed by atoms with E-state index in [2.05, 4.69) is 32.6 Å². The van der Waals surface area contributed by atoms with E-state index in [1.807, 2.05) is 13.8 Å². The average Bonchev–Trinajstić information content (AvgIpc) is 1.84. The first kappa shape index (κ1) is 11.9. The molecule has 0 spiro atoms. The Hall–Kier alpha value is -0.0800. The molecule has 2 heteroatoms. The molecule has 0 heterocycles. The van der Waals surface area contributed by atoms with Gasteiger partial charge in [0.25, 0.3) is 0 Å². The van der Waals surface area contributed by atoms with Crippen LogP contribution in [0.2, 0.25) is 0 Å². The smallest absolute Gasteiger partial charge is 0.115 e. The number of nitrogens with zero attached hydrogens (tertiary/aromatic N) is 1. The summed E-state index contributed by atoms with van der Waals surface area (Å²) in [6, 6.07) is 0.778. The zero-order valence-electron chi connectivity index (χ0n) is 9.26. The minimum Gasteiger partial charge on any atom is -0.376 e. The Kier molecular flexibility index (Phi) is 4.21. The summed E-state index contributed by atoms with van der Waals surface area (Å²) in [6.45, 7) is 12.4. The molecule has 12 heavy (non-hydrogen) atoms. The molecule has 0 fully saturated rings. The summed E-state index contributed by atoms with van der Waals surface area (Å²) in [5.41, 5.74) is -0.664. The Balaban J connectivity index is 4.50. The van der Waals surface area contributed by atoms with Crippen molar-refractivity contribution in [3.05, 3.63) is 0 Å². The van der Waals surface area contributed by atoms with Gasteiger partial charge < -0.3 is 5.11 Å². The van der Waals surface area contributed by atoms with Crippen LogP contribution in [0.5, 0.6) is 0 Å². The van der Waals surface area contributed by atoms with Gasteiger partial charge in [0.1, 0.15) is 5.72 Å². The van der Waals surface area contributed by atoms with E-state index in [4.69, 9.17) is 0 Å². The topological polar surface area (TPSA) is 23.5 Å². The third-order valence-corrected chi connectivity index (χ3v) is 2.34. The summed E-state index contributed by atoms with van der Waals surface area (Å²) >= 11 is 0. The van der Waals surface area contributed by atoms with Crippen molar-refractivity contribution in [3.8, 4) is 0 Å². The largest absolute Gasteiger partial charge is 0.376 e. The van der Waals surface area contributed by atoms with Gasteiger partial charge in [-0.3, -0.25) is 4.90 Å². The van der Waals surface area contributed by atoms with Crippen LogP contribution in [-0.4, -0.2) is 27.8 Å². The third kappa shape index (κ3) is 2.76. The molecule has 1 unspecified atom stereocenters. The van der Waals surface area contributed by atoms with Gasteiger partial charge in [-0.2, -0.15) is 0 Å². The molecule has 1 atom stereocenters. The lowest BCUT2D eigenvalue weighted by molar-refractivity contribution is -0.127. The van der Waals surface area contributed by atoms with Crippen LogP contribution in [0.25, 0.3) is 0 Å². The Labute approximate surface area is 76.6 Å². The molecule has 0 saturated heterocycles. The zero-order chi connectivity index (χ0) is 9.94. The number of hydrogen-bond donors (Lipinski definition) is 1. The summed E-state index contributed by atoms with van der Waals surface area (Å²) < 4.78 is 0. The second-order valence-electron chi connectivity index (χ2n) is 4.17. The van der Waals surface area contributed by atoms with Crippen molar-refractivity contribution in [1.29, 1.82) is 0 Å². The molecule has 0 bridgehead atoms. The van der Waals surface area contributed by atoms with Gasteiger partial charge >= 0.3 is 0 Å². The normalized spacial score (nSPS) is 17.5. The third-order valence-electron chi connectivity index (χ3n) is 2.34. The fraction of sp³-hybridized carbons (Fsp3) is 1.00. The summed E-state index contributed by atoms with van der Waals surface area (Å²) in [7, 11) is 0. The van der Waals surface area contributed by atoms with Gasteiger partial charge in [-0.05, 0) is 41.0 Å². The van der Waals surface area contributed by atoms with E-state index in [-0.39, 0.29) is 0 Å². The van der Waals surface area contributed by atoms with Crippen LogP contribution in [-0.2, 0) is 0 Å². The predicted octanol–water partition coefficient (Wildman–Crippen LogP) is 2.22. The van der Waals surface area contributed by atoms with Crippen LogP contribution in [0.3, 0.4) is 0 Å². The van der Waals surface area contributed by atoms with Crippen LogP contribution in [0.1, 0.15) is 48.0 Å². The molecule has 0 aromatic rings. The highest BCUT2D eigenvalue weighted by molar-refractivity contribution is 4.79. The maximum absolute atomic E-state index is 10.0. The van der Waals surface area contributed by atoms with Crippen molar-refractivity contribution < 1.29 is 5.11 Å². The van der Waals surface area contributed by atoms with Crippen molar-refractivity contribution in [3.63, 3.8) is 0 Å². The van der Waals surface area contributed by atoms with Crippen LogP contribution < -0.4 is 0 Å². The molecular formula is C10H23NO. The first-order valence-corrected chi connectivity index (χ1v) is 4.83. The van der Waals surface area contributed by atoms with E-state index in [0.717, 1.165) is 6.42 Å². The minimum absolute atomic E-state index is 0.389. The van der Waals surface area contributed by atoms with Crippen molar-refractivity contribution in [2.75, 3.05) is 0 Å². The molecule has 0 aliphatic rings. The van der Waals surface area contributed by atoms with E-state index in [1.165, 1.54) is 0 Å². The molecule has 0 aliphatic carbocycles. The van der Waals surface area contributed by atoms with Gasteiger partial charge in [0, 0.05) is 12.1 Å². The molecule has 0 radical (unpaired) electrons. The molecule has 1 N–H and O–H groups in total. The first-order valence-electron chi connectivity index (χ1n) is 4.83. The van der Waals surface area contributed by atoms with E-state index >= 15 is 0 Å². The summed E-state index contributed by atoms with van der Waals surface area (Å²) in [5, 5.41) is 10.0. The summed E-state index contributed by atoms with van der Waals surface area (Å²) in [4.78, 5) is 2.13. The monoisotopic (exact) mass is 173 g/mol. The average molecular weight is 173 g/mol. The van der Waals surface area contributed by atoms with Gasteiger partial charge in [-0.15, -0.1) is 0 Å². The number of rotatable bonds is 4. The van der Waals surface area contributed by atoms with E-state index in [1.54, 1.807) is 0 Å². The zero-order valence-corrected chi connectivity index (χ0v) is 9.26. The lowest BCUT2D eigenvalue weighted by Gasteiger charge is -2.42. The summed E-state index contributed by atoms with van der Waals surface area (Å²) in [6.07, 6.45) is 0.767. The number of aliphatic hydroxyl groups is 1. The van der Waals surface area contributed by atoms with Gasteiger partial charge in [-0.1, -0.05) is 6.92 Å². The molecular weight excluding hydrogens is 150 g/mol. The van der Waals surface area contributed by atoms with Gasteiger partial charge in [0.05, 0.1) is 0 Å². The quantitative estimate of drug-likeness (QED) is 0.659. The molecule has 74 valence electrons. The highest BCUT2D eigenvalue weighted by atomic mass is 16.3. The molecule has 0 amide bonds. The van der Waals surface area contributed by atoms with Crippen molar-refractivity contribution in [1.82, 2.24) is 4.90 Å². The van der Waals surface area contributed by atoms with Gasteiger partial charge in [0.2, 0.25) is 0 Å². The first-order chi connectivity index (χ1) is 5.33. The highest BCUT2D eigenvalue weighted by Gasteiger charge is 2.30. The lowest BCUT2D eigenvalue weighted by Crippen LogP contribution is -2.53. The standard InChI is InChI=1S/C10H23NO/c1-7-10(6,12)11(8(2)3)9(4)5/h8-9,12H,7H2,1-6H3. The molecule has 0 aromatic carbocycles. The molecule has 2 nitrogen and oxygen atoms in total. The second-order valence-corrected chi connectivity index (χ2v) is 4.17. The van der Waals surface area contributed by atoms with Crippen LogP contribution in [0.15, 0.2) is 0 Å². The van der Waals surface area contributed by atoms with E-state index < -0.39 is 5.72 Å². The van der Waals surface area contributed by atoms with E-state index in [0.29, 0.717) is 12.1 Å². The molecule has 0 rings (SSSR count). The van der Waals surface area contributed by atoms with Crippen molar-refractivity contribution in [2.45, 2.75) is 65.8 Å². The lowest BCUT2D eigenvalue weighted by atomic mass is 10.1. The molecule has 0 aliphatic heterocycles. The maximum Gasteiger partial charge on any atom is 0.115 e. The maximum atomic E-state index is 10.0.